The fraction of sp³-hybridized carbons (Fsp3) is 0.222. The van der Waals surface area contributed by atoms with Crippen LogP contribution in [-0.4, -0.2) is 44.8 Å². The van der Waals surface area contributed by atoms with Gasteiger partial charge in [-0.25, -0.2) is 17.5 Å². The third-order valence-electron chi connectivity index (χ3n) is 3.68. The maximum Gasteiger partial charge on any atom is 0.340 e. The van der Waals surface area contributed by atoms with E-state index < -0.39 is 28.0 Å². The zero-order valence-electron chi connectivity index (χ0n) is 15.3. The molecule has 10 heteroatoms. The molecule has 2 aromatic carbocycles. The fourth-order valence-electron chi connectivity index (χ4n) is 2.12. The number of nitrogens with one attached hydrogen (secondary N) is 1. The predicted octanol–water partition coefficient (Wildman–Crippen LogP) is 3.43. The van der Waals surface area contributed by atoms with Crippen LogP contribution in [0.5, 0.6) is 0 Å². The minimum atomic E-state index is -3.76. The van der Waals surface area contributed by atoms with Crippen molar-refractivity contribution in [3.63, 3.8) is 0 Å². The third-order valence-corrected chi connectivity index (χ3v) is 6.06. The van der Waals surface area contributed by atoms with Gasteiger partial charge in [-0.05, 0) is 43.3 Å². The standard InChI is InChI=1S/C18H18Cl2N2O5S/c1-11(17(23)21-13-6-4-5-12(19)9-13)27-18(24)15-10-14(7-8-16(15)20)28(25,26)22(2)3/h4-11H,1-3H3,(H,21,23)/t11-/m1/s1. The summed E-state index contributed by atoms with van der Waals surface area (Å²) in [4.78, 5) is 24.5. The molecular formula is C18H18Cl2N2O5S. The highest BCUT2D eigenvalue weighted by atomic mass is 35.5. The molecule has 0 fully saturated rings. The lowest BCUT2D eigenvalue weighted by Gasteiger charge is -2.15. The average Bonchev–Trinajstić information content (AvgIpc) is 2.61. The lowest BCUT2D eigenvalue weighted by Crippen LogP contribution is -2.30. The van der Waals surface area contributed by atoms with E-state index in [2.05, 4.69) is 5.32 Å². The smallest absolute Gasteiger partial charge is 0.340 e. The molecule has 0 aromatic heterocycles. The van der Waals surface area contributed by atoms with E-state index in [4.69, 9.17) is 27.9 Å². The Hall–Kier alpha value is -2.13. The molecule has 0 radical (unpaired) electrons. The molecular weight excluding hydrogens is 427 g/mol. The van der Waals surface area contributed by atoms with Crippen LogP contribution in [-0.2, 0) is 19.6 Å². The SMILES string of the molecule is C[C@@H](OC(=O)c1cc(S(=O)(=O)N(C)C)ccc1Cl)C(=O)Nc1cccc(Cl)c1. The second-order valence-corrected chi connectivity index (χ2v) is 8.97. The number of sulfonamides is 1. The number of ether oxygens (including phenoxy) is 1. The van der Waals surface area contributed by atoms with Crippen molar-refractivity contribution in [1.82, 2.24) is 4.31 Å². The molecule has 0 unspecified atom stereocenters. The Labute approximate surface area is 173 Å². The van der Waals surface area contributed by atoms with Gasteiger partial charge < -0.3 is 10.1 Å². The summed E-state index contributed by atoms with van der Waals surface area (Å²) in [6.07, 6.45) is -1.16. The number of amides is 1. The first kappa shape index (κ1) is 22.2. The summed E-state index contributed by atoms with van der Waals surface area (Å²) >= 11 is 11.9. The summed E-state index contributed by atoms with van der Waals surface area (Å²) in [5.41, 5.74) is 0.282. The number of carbonyl (C=O) groups excluding carboxylic acids is 2. The molecule has 2 rings (SSSR count). The maximum absolute atomic E-state index is 12.4. The van der Waals surface area contributed by atoms with Gasteiger partial charge in [-0.3, -0.25) is 4.79 Å². The Kier molecular flexibility index (Phi) is 7.06. The number of nitrogens with zero attached hydrogens (tertiary/aromatic N) is 1. The Bertz CT molecular complexity index is 1010. The number of hydrogen-bond acceptors (Lipinski definition) is 5. The number of anilines is 1. The van der Waals surface area contributed by atoms with Gasteiger partial charge in [0.1, 0.15) is 0 Å². The molecule has 0 aliphatic carbocycles. The van der Waals surface area contributed by atoms with Crippen LogP contribution in [0.4, 0.5) is 5.69 Å². The number of benzene rings is 2. The first-order valence-electron chi connectivity index (χ1n) is 8.02. The highest BCUT2D eigenvalue weighted by Gasteiger charge is 2.24. The van der Waals surface area contributed by atoms with Crippen molar-refractivity contribution in [2.75, 3.05) is 19.4 Å². The van der Waals surface area contributed by atoms with E-state index in [1.807, 2.05) is 0 Å². The van der Waals surface area contributed by atoms with E-state index in [0.717, 1.165) is 10.4 Å². The predicted molar refractivity (Wildman–Crippen MR) is 107 cm³/mol. The number of rotatable bonds is 6. The quantitative estimate of drug-likeness (QED) is 0.688. The lowest BCUT2D eigenvalue weighted by molar-refractivity contribution is -0.123. The van der Waals surface area contributed by atoms with Gasteiger partial charge in [0.2, 0.25) is 10.0 Å². The van der Waals surface area contributed by atoms with E-state index in [9.17, 15) is 18.0 Å². The molecule has 0 heterocycles. The molecule has 0 saturated heterocycles. The van der Waals surface area contributed by atoms with Crippen LogP contribution in [0, 0.1) is 0 Å². The molecule has 0 aliphatic rings. The Morgan fingerprint density at radius 3 is 2.39 bits per heavy atom. The largest absolute Gasteiger partial charge is 0.449 e. The molecule has 0 aliphatic heterocycles. The summed E-state index contributed by atoms with van der Waals surface area (Å²) in [5.74, 6) is -1.50. The number of esters is 1. The summed E-state index contributed by atoms with van der Waals surface area (Å²) in [6, 6.07) is 10.2. The Morgan fingerprint density at radius 2 is 1.79 bits per heavy atom. The molecule has 1 amide bonds. The monoisotopic (exact) mass is 444 g/mol. The van der Waals surface area contributed by atoms with Gasteiger partial charge in [0, 0.05) is 24.8 Å². The van der Waals surface area contributed by atoms with Crippen molar-refractivity contribution in [2.45, 2.75) is 17.9 Å². The molecule has 150 valence electrons. The van der Waals surface area contributed by atoms with Crippen molar-refractivity contribution < 1.29 is 22.7 Å². The third kappa shape index (κ3) is 5.23. The van der Waals surface area contributed by atoms with Crippen LogP contribution in [0.25, 0.3) is 0 Å². The van der Waals surface area contributed by atoms with Crippen LogP contribution in [0.15, 0.2) is 47.4 Å². The van der Waals surface area contributed by atoms with Crippen LogP contribution in [0.3, 0.4) is 0 Å². The van der Waals surface area contributed by atoms with Gasteiger partial charge in [0.15, 0.2) is 6.10 Å². The van der Waals surface area contributed by atoms with Crippen LogP contribution >= 0.6 is 23.2 Å². The molecule has 2 aromatic rings. The van der Waals surface area contributed by atoms with Gasteiger partial charge in [-0.1, -0.05) is 29.3 Å². The maximum atomic E-state index is 12.4. The van der Waals surface area contributed by atoms with Crippen LogP contribution in [0.2, 0.25) is 10.0 Å². The number of carbonyl (C=O) groups is 2. The molecule has 0 saturated carbocycles. The molecule has 1 N–H and O–H groups in total. The van der Waals surface area contributed by atoms with Crippen molar-refractivity contribution >= 4 is 50.8 Å². The van der Waals surface area contributed by atoms with Gasteiger partial charge in [-0.15, -0.1) is 0 Å². The van der Waals surface area contributed by atoms with Crippen molar-refractivity contribution in [3.05, 3.63) is 58.1 Å². The van der Waals surface area contributed by atoms with Crippen molar-refractivity contribution in [2.24, 2.45) is 0 Å². The molecule has 0 bridgehead atoms. The number of halogens is 2. The van der Waals surface area contributed by atoms with Crippen molar-refractivity contribution in [3.8, 4) is 0 Å². The topological polar surface area (TPSA) is 92.8 Å². The van der Waals surface area contributed by atoms with Gasteiger partial charge in [0.25, 0.3) is 5.91 Å². The van der Waals surface area contributed by atoms with Crippen LogP contribution in [0.1, 0.15) is 17.3 Å². The molecule has 28 heavy (non-hydrogen) atoms. The van der Waals surface area contributed by atoms with E-state index in [-0.39, 0.29) is 15.5 Å². The first-order chi connectivity index (χ1) is 13.0. The second kappa shape index (κ2) is 8.91. The van der Waals surface area contributed by atoms with Gasteiger partial charge in [-0.2, -0.15) is 0 Å². The summed E-state index contributed by atoms with van der Waals surface area (Å²) in [6.45, 7) is 1.38. The Morgan fingerprint density at radius 1 is 1.11 bits per heavy atom. The number of hydrogen-bond donors (Lipinski definition) is 1. The second-order valence-electron chi connectivity index (χ2n) is 5.98. The van der Waals surface area contributed by atoms with E-state index in [1.165, 1.54) is 33.2 Å². The molecule has 0 spiro atoms. The molecule has 7 nitrogen and oxygen atoms in total. The fourth-order valence-corrected chi connectivity index (χ4v) is 3.43. The normalized spacial score (nSPS) is 12.5. The van der Waals surface area contributed by atoms with E-state index in [1.54, 1.807) is 24.3 Å². The summed E-state index contributed by atoms with van der Waals surface area (Å²) < 4.78 is 30.6. The first-order valence-corrected chi connectivity index (χ1v) is 10.2. The lowest BCUT2D eigenvalue weighted by atomic mass is 10.2. The van der Waals surface area contributed by atoms with E-state index in [0.29, 0.717) is 10.7 Å². The minimum Gasteiger partial charge on any atom is -0.449 e. The van der Waals surface area contributed by atoms with Gasteiger partial charge in [0.05, 0.1) is 15.5 Å². The van der Waals surface area contributed by atoms with Crippen LogP contribution < -0.4 is 5.32 Å². The zero-order chi connectivity index (χ0) is 21.1. The van der Waals surface area contributed by atoms with Gasteiger partial charge >= 0.3 is 5.97 Å². The highest BCUT2D eigenvalue weighted by Crippen LogP contribution is 2.23. The minimum absolute atomic E-state index is 0.00477. The average molecular weight is 445 g/mol. The summed E-state index contributed by atoms with van der Waals surface area (Å²) in [7, 11) is -1.03. The summed E-state index contributed by atoms with van der Waals surface area (Å²) in [5, 5.41) is 3.01. The molecule has 1 atom stereocenters. The highest BCUT2D eigenvalue weighted by molar-refractivity contribution is 7.89. The van der Waals surface area contributed by atoms with E-state index >= 15 is 0 Å². The Balaban J connectivity index is 2.16. The zero-order valence-corrected chi connectivity index (χ0v) is 17.6. The van der Waals surface area contributed by atoms with Crippen molar-refractivity contribution in [1.29, 1.82) is 0 Å².